The third-order valence-corrected chi connectivity index (χ3v) is 6.36. The zero-order chi connectivity index (χ0) is 20.9. The first-order valence-electron chi connectivity index (χ1n) is 10.9. The molecule has 8 heteroatoms. The highest BCUT2D eigenvalue weighted by Gasteiger charge is 2.23. The molecule has 2 saturated heterocycles. The molecule has 30 heavy (non-hydrogen) atoms. The van der Waals surface area contributed by atoms with Gasteiger partial charge in [-0.25, -0.2) is 4.68 Å². The second-order valence-electron chi connectivity index (χ2n) is 8.26. The lowest BCUT2D eigenvalue weighted by Crippen LogP contribution is -2.41. The van der Waals surface area contributed by atoms with Crippen LogP contribution >= 0.6 is 0 Å². The van der Waals surface area contributed by atoms with Gasteiger partial charge in [0.1, 0.15) is 0 Å². The highest BCUT2D eigenvalue weighted by Crippen LogP contribution is 2.21. The van der Waals surface area contributed by atoms with E-state index in [1.165, 1.54) is 11.1 Å². The molecule has 1 amide bonds. The smallest absolute Gasteiger partial charge is 0.273 e. The predicted molar refractivity (Wildman–Crippen MR) is 115 cm³/mol. The van der Waals surface area contributed by atoms with Gasteiger partial charge in [0.25, 0.3) is 11.1 Å². The normalized spacial score (nSPS) is 18.7. The fraction of sp³-hybridized carbons (Fsp3) is 0.591. The van der Waals surface area contributed by atoms with Crippen LogP contribution in [0.4, 0.5) is 0 Å². The average molecular weight is 415 g/mol. The molecule has 1 aromatic heterocycles. The van der Waals surface area contributed by atoms with E-state index in [0.717, 1.165) is 58.8 Å². The van der Waals surface area contributed by atoms with Crippen molar-refractivity contribution in [3.63, 3.8) is 0 Å². The Morgan fingerprint density at radius 2 is 1.70 bits per heavy atom. The van der Waals surface area contributed by atoms with E-state index in [1.807, 2.05) is 4.90 Å². The number of likely N-dealkylation sites (tertiary alicyclic amines) is 1. The number of aromatic nitrogens is 2. The summed E-state index contributed by atoms with van der Waals surface area (Å²) in [6, 6.07) is 6.75. The summed E-state index contributed by atoms with van der Waals surface area (Å²) < 4.78 is 6.66. The first-order chi connectivity index (χ1) is 14.6. The number of hydrogen-bond donors (Lipinski definition) is 1. The maximum atomic E-state index is 12.6. The number of amides is 1. The third-order valence-electron chi connectivity index (χ3n) is 6.36. The minimum atomic E-state index is -0.307. The minimum Gasteiger partial charge on any atom is -0.379 e. The number of fused-ring (bicyclic) bond motifs is 1. The second-order valence-corrected chi connectivity index (χ2v) is 8.26. The first-order valence-corrected chi connectivity index (χ1v) is 10.9. The van der Waals surface area contributed by atoms with Crippen molar-refractivity contribution in [3.8, 4) is 0 Å². The number of carbonyl (C=O) groups is 1. The zero-order valence-corrected chi connectivity index (χ0v) is 17.3. The molecule has 0 bridgehead atoms. The van der Waals surface area contributed by atoms with E-state index in [9.17, 15) is 14.4 Å². The number of H-pyrrole nitrogens is 1. The molecule has 0 spiro atoms. The van der Waals surface area contributed by atoms with Crippen LogP contribution in [-0.2, 0) is 16.1 Å². The Labute approximate surface area is 175 Å². The standard InChI is InChI=1S/C22H30N4O4/c27-20(8-12-26-22(29)19-4-2-1-3-18(19)21(28)23-26)25-10-6-17(7-11-25)5-9-24-13-15-30-16-14-24/h1-4,17H,5-16H2,(H,23,28). The van der Waals surface area contributed by atoms with Gasteiger partial charge in [0.05, 0.1) is 30.5 Å². The topological polar surface area (TPSA) is 87.6 Å². The molecule has 8 nitrogen and oxygen atoms in total. The van der Waals surface area contributed by atoms with Crippen LogP contribution in [0.15, 0.2) is 33.9 Å². The number of ether oxygens (including phenoxy) is 1. The van der Waals surface area contributed by atoms with Gasteiger partial charge >= 0.3 is 0 Å². The number of aryl methyl sites for hydroxylation is 1. The Bertz CT molecular complexity index is 985. The summed E-state index contributed by atoms with van der Waals surface area (Å²) in [7, 11) is 0. The van der Waals surface area contributed by atoms with Gasteiger partial charge in [-0.3, -0.25) is 24.4 Å². The number of carbonyl (C=O) groups excluding carboxylic acids is 1. The van der Waals surface area contributed by atoms with Crippen LogP contribution in [0.5, 0.6) is 0 Å². The highest BCUT2D eigenvalue weighted by atomic mass is 16.5. The van der Waals surface area contributed by atoms with Crippen LogP contribution in [0, 0.1) is 5.92 Å². The van der Waals surface area contributed by atoms with Gasteiger partial charge in [-0.05, 0) is 43.9 Å². The molecular weight excluding hydrogens is 384 g/mol. The maximum absolute atomic E-state index is 12.6. The number of piperidine rings is 1. The molecule has 0 saturated carbocycles. The fourth-order valence-corrected chi connectivity index (χ4v) is 4.43. The van der Waals surface area contributed by atoms with E-state index in [0.29, 0.717) is 16.7 Å². The predicted octanol–water partition coefficient (Wildman–Crippen LogP) is 1.04. The number of hydrogen-bond acceptors (Lipinski definition) is 5. The summed E-state index contributed by atoms with van der Waals surface area (Å²) in [4.78, 5) is 41.8. The van der Waals surface area contributed by atoms with Crippen LogP contribution in [-0.4, -0.2) is 71.4 Å². The molecule has 4 rings (SSSR count). The van der Waals surface area contributed by atoms with Crippen molar-refractivity contribution in [3.05, 3.63) is 45.0 Å². The molecule has 0 radical (unpaired) electrons. The first kappa shape index (κ1) is 20.8. The van der Waals surface area contributed by atoms with Crippen LogP contribution in [0.25, 0.3) is 10.8 Å². The Morgan fingerprint density at radius 3 is 2.43 bits per heavy atom. The molecule has 2 fully saturated rings. The number of nitrogens with zero attached hydrogens (tertiary/aromatic N) is 3. The number of aromatic amines is 1. The molecule has 162 valence electrons. The SMILES string of the molecule is O=C(CCn1[nH]c(=O)c2ccccc2c1=O)N1CCC(CCN2CCOCC2)CC1. The van der Waals surface area contributed by atoms with Crippen molar-refractivity contribution in [2.24, 2.45) is 5.92 Å². The Hall–Kier alpha value is -2.45. The highest BCUT2D eigenvalue weighted by molar-refractivity contribution is 5.80. The van der Waals surface area contributed by atoms with E-state index in [-0.39, 0.29) is 30.0 Å². The van der Waals surface area contributed by atoms with E-state index in [4.69, 9.17) is 4.74 Å². The molecular formula is C22H30N4O4. The summed E-state index contributed by atoms with van der Waals surface area (Å²) in [5, 5.41) is 3.36. The van der Waals surface area contributed by atoms with Crippen LogP contribution < -0.4 is 11.1 Å². The van der Waals surface area contributed by atoms with Gasteiger partial charge in [-0.15, -0.1) is 0 Å². The largest absolute Gasteiger partial charge is 0.379 e. The zero-order valence-electron chi connectivity index (χ0n) is 17.3. The minimum absolute atomic E-state index is 0.0440. The van der Waals surface area contributed by atoms with Gasteiger partial charge < -0.3 is 9.64 Å². The molecule has 1 aromatic carbocycles. The molecule has 2 aliphatic heterocycles. The number of morpholine rings is 1. The van der Waals surface area contributed by atoms with Gasteiger partial charge in [-0.1, -0.05) is 12.1 Å². The summed E-state index contributed by atoms with van der Waals surface area (Å²) in [5.41, 5.74) is -0.571. The van der Waals surface area contributed by atoms with E-state index in [2.05, 4.69) is 10.00 Å². The molecule has 1 N–H and O–H groups in total. The quantitative estimate of drug-likeness (QED) is 0.763. The van der Waals surface area contributed by atoms with Crippen molar-refractivity contribution in [2.75, 3.05) is 45.9 Å². The Balaban J connectivity index is 1.26. The van der Waals surface area contributed by atoms with Crippen molar-refractivity contribution >= 4 is 16.7 Å². The maximum Gasteiger partial charge on any atom is 0.273 e. The molecule has 3 heterocycles. The van der Waals surface area contributed by atoms with Crippen LogP contribution in [0.1, 0.15) is 25.7 Å². The molecule has 2 aromatic rings. The molecule has 0 aliphatic carbocycles. The van der Waals surface area contributed by atoms with Crippen molar-refractivity contribution in [1.82, 2.24) is 19.6 Å². The third kappa shape index (κ3) is 4.82. The lowest BCUT2D eigenvalue weighted by Gasteiger charge is -2.34. The van der Waals surface area contributed by atoms with Gasteiger partial charge in [0, 0.05) is 32.6 Å². The lowest BCUT2D eigenvalue weighted by molar-refractivity contribution is -0.132. The number of rotatable bonds is 6. The van der Waals surface area contributed by atoms with Gasteiger partial charge in [0.2, 0.25) is 5.91 Å². The van der Waals surface area contributed by atoms with Crippen molar-refractivity contribution in [1.29, 1.82) is 0 Å². The van der Waals surface area contributed by atoms with Crippen molar-refractivity contribution in [2.45, 2.75) is 32.2 Å². The van der Waals surface area contributed by atoms with Crippen LogP contribution in [0.3, 0.4) is 0 Å². The van der Waals surface area contributed by atoms with Crippen LogP contribution in [0.2, 0.25) is 0 Å². The number of benzene rings is 1. The summed E-state index contributed by atoms with van der Waals surface area (Å²) in [5.74, 6) is 0.707. The second kappa shape index (κ2) is 9.57. The molecule has 2 aliphatic rings. The average Bonchev–Trinajstić information content (AvgIpc) is 2.80. The lowest BCUT2D eigenvalue weighted by atomic mass is 9.93. The van der Waals surface area contributed by atoms with Crippen molar-refractivity contribution < 1.29 is 9.53 Å². The Kier molecular flexibility index (Phi) is 6.64. The van der Waals surface area contributed by atoms with Gasteiger partial charge in [0.15, 0.2) is 0 Å². The fourth-order valence-electron chi connectivity index (χ4n) is 4.43. The summed E-state index contributed by atoms with van der Waals surface area (Å²) in [6.45, 7) is 6.55. The Morgan fingerprint density at radius 1 is 1.00 bits per heavy atom. The molecule has 0 unspecified atom stereocenters. The van der Waals surface area contributed by atoms with E-state index < -0.39 is 0 Å². The van der Waals surface area contributed by atoms with E-state index >= 15 is 0 Å². The summed E-state index contributed by atoms with van der Waals surface area (Å²) >= 11 is 0. The monoisotopic (exact) mass is 414 g/mol. The van der Waals surface area contributed by atoms with E-state index in [1.54, 1.807) is 24.3 Å². The summed E-state index contributed by atoms with van der Waals surface area (Å²) in [6.07, 6.45) is 3.45. The number of nitrogens with one attached hydrogen (secondary N) is 1. The molecule has 0 atom stereocenters. The van der Waals surface area contributed by atoms with Gasteiger partial charge in [-0.2, -0.15) is 0 Å².